The smallest absolute Gasteiger partial charge is 0.119 e. The molecule has 31 heavy (non-hydrogen) atoms. The molecule has 0 fully saturated rings. The van der Waals surface area contributed by atoms with E-state index >= 15 is 0 Å². The van der Waals surface area contributed by atoms with Crippen molar-refractivity contribution in [3.05, 3.63) is 135 Å². The Kier molecular flexibility index (Phi) is 7.21. The van der Waals surface area contributed by atoms with Gasteiger partial charge in [0.1, 0.15) is 12.4 Å². The minimum absolute atomic E-state index is 0.574. The average molecular weight is 516 g/mol. The van der Waals surface area contributed by atoms with E-state index in [9.17, 15) is 0 Å². The van der Waals surface area contributed by atoms with Crippen molar-refractivity contribution in [2.24, 2.45) is 0 Å². The van der Waals surface area contributed by atoms with Crippen molar-refractivity contribution in [3.8, 4) is 5.75 Å². The first kappa shape index (κ1) is 21.4. The summed E-state index contributed by atoms with van der Waals surface area (Å²) in [6.45, 7) is 2.80. The van der Waals surface area contributed by atoms with E-state index in [1.807, 2.05) is 18.2 Å². The zero-order valence-electron chi connectivity index (χ0n) is 17.6. The van der Waals surface area contributed by atoms with Gasteiger partial charge < -0.3 is 4.74 Å². The van der Waals surface area contributed by atoms with E-state index in [0.717, 1.165) is 12.2 Å². The van der Waals surface area contributed by atoms with Gasteiger partial charge in [0.2, 0.25) is 0 Å². The third-order valence-electron chi connectivity index (χ3n) is 5.30. The van der Waals surface area contributed by atoms with Crippen LogP contribution in [0.1, 0.15) is 35.6 Å². The lowest BCUT2D eigenvalue weighted by molar-refractivity contribution is 0.306. The van der Waals surface area contributed by atoms with Crippen molar-refractivity contribution in [2.45, 2.75) is 20.0 Å². The normalized spacial score (nSPS) is 11.7. The van der Waals surface area contributed by atoms with E-state index in [1.165, 1.54) is 37.0 Å². The third-order valence-corrected chi connectivity index (χ3v) is 6.02. The van der Waals surface area contributed by atoms with Crippen LogP contribution in [0.15, 0.2) is 109 Å². The van der Waals surface area contributed by atoms with Crippen molar-refractivity contribution in [1.82, 2.24) is 0 Å². The van der Waals surface area contributed by atoms with Gasteiger partial charge in [-0.1, -0.05) is 91.9 Å². The highest BCUT2D eigenvalue weighted by Crippen LogP contribution is 2.35. The number of halogens is 1. The molecule has 0 amide bonds. The molecule has 4 aromatic carbocycles. The van der Waals surface area contributed by atoms with Crippen molar-refractivity contribution in [1.29, 1.82) is 0 Å². The van der Waals surface area contributed by atoms with Gasteiger partial charge in [0.05, 0.1) is 0 Å². The molecule has 0 saturated carbocycles. The summed E-state index contributed by atoms with van der Waals surface area (Å²) < 4.78 is 7.24. The molecule has 4 aromatic rings. The molecular formula is C29H25IO. The molecule has 154 valence electrons. The van der Waals surface area contributed by atoms with Gasteiger partial charge in [0.25, 0.3) is 0 Å². The molecule has 0 aromatic heterocycles. The van der Waals surface area contributed by atoms with Gasteiger partial charge in [-0.25, -0.2) is 0 Å². The lowest BCUT2D eigenvalue weighted by Gasteiger charge is -2.17. The Balaban J connectivity index is 1.70. The fourth-order valence-electron chi connectivity index (χ4n) is 3.75. The molecule has 0 atom stereocenters. The predicted octanol–water partition coefficient (Wildman–Crippen LogP) is 8.24. The fraction of sp³-hybridized carbons (Fsp3) is 0.103. The summed E-state index contributed by atoms with van der Waals surface area (Å²) in [6, 6.07) is 38.2. The maximum Gasteiger partial charge on any atom is 0.119 e. The number of hydrogen-bond acceptors (Lipinski definition) is 1. The fourth-order valence-corrected chi connectivity index (χ4v) is 4.11. The van der Waals surface area contributed by atoms with Gasteiger partial charge in [0.15, 0.2) is 0 Å². The molecule has 0 bridgehead atoms. The van der Waals surface area contributed by atoms with Gasteiger partial charge in [-0.3, -0.25) is 0 Å². The van der Waals surface area contributed by atoms with Crippen LogP contribution in [0.3, 0.4) is 0 Å². The minimum atomic E-state index is 0.574. The van der Waals surface area contributed by atoms with Crippen LogP contribution >= 0.6 is 22.6 Å². The first-order valence-corrected chi connectivity index (χ1v) is 11.6. The molecule has 4 rings (SSSR count). The summed E-state index contributed by atoms with van der Waals surface area (Å²) in [7, 11) is 0. The summed E-state index contributed by atoms with van der Waals surface area (Å²) in [5.41, 5.74) is 7.50. The first-order valence-electron chi connectivity index (χ1n) is 10.6. The third kappa shape index (κ3) is 5.45. The number of benzene rings is 4. The van der Waals surface area contributed by atoms with Gasteiger partial charge >= 0.3 is 0 Å². The van der Waals surface area contributed by atoms with Crippen LogP contribution < -0.4 is 4.74 Å². The van der Waals surface area contributed by atoms with E-state index in [2.05, 4.69) is 121 Å². The van der Waals surface area contributed by atoms with E-state index in [0.29, 0.717) is 6.61 Å². The van der Waals surface area contributed by atoms with E-state index in [1.54, 1.807) is 0 Å². The summed E-state index contributed by atoms with van der Waals surface area (Å²) in [6.07, 6.45) is 0.956. The Morgan fingerprint density at radius 2 is 1.19 bits per heavy atom. The molecule has 0 aliphatic carbocycles. The molecule has 0 unspecified atom stereocenters. The molecule has 0 radical (unpaired) electrons. The number of ether oxygens (including phenoxy) is 1. The summed E-state index contributed by atoms with van der Waals surface area (Å²) in [4.78, 5) is 0. The van der Waals surface area contributed by atoms with Gasteiger partial charge in [-0.15, -0.1) is 0 Å². The summed E-state index contributed by atoms with van der Waals surface area (Å²) >= 11 is 2.36. The van der Waals surface area contributed by atoms with Crippen LogP contribution in [-0.2, 0) is 6.61 Å². The minimum Gasteiger partial charge on any atom is -0.489 e. The van der Waals surface area contributed by atoms with Crippen molar-refractivity contribution >= 4 is 33.7 Å². The number of hydrogen-bond donors (Lipinski definition) is 0. The number of rotatable bonds is 7. The van der Waals surface area contributed by atoms with Crippen LogP contribution in [-0.4, -0.2) is 0 Å². The zero-order valence-corrected chi connectivity index (χ0v) is 19.8. The quantitative estimate of drug-likeness (QED) is 0.178. The second-order valence-corrected chi connectivity index (χ2v) is 8.62. The molecular weight excluding hydrogens is 491 g/mol. The topological polar surface area (TPSA) is 9.23 Å². The molecule has 1 nitrogen and oxygen atoms in total. The average Bonchev–Trinajstić information content (AvgIpc) is 2.84. The van der Waals surface area contributed by atoms with Gasteiger partial charge in [-0.2, -0.15) is 0 Å². The molecule has 0 saturated heterocycles. The van der Waals surface area contributed by atoms with Crippen molar-refractivity contribution < 1.29 is 4.74 Å². The lowest BCUT2D eigenvalue weighted by atomic mass is 9.88. The SMILES string of the molecule is CC/C(=C(\c1ccc(I)cc1)c1ccc(OCc2ccccc2)cc1)c1ccccc1. The highest BCUT2D eigenvalue weighted by Gasteiger charge is 2.13. The van der Waals surface area contributed by atoms with E-state index in [-0.39, 0.29) is 0 Å². The second-order valence-electron chi connectivity index (χ2n) is 7.38. The standard InChI is InChI=1S/C29H25IO/c1-2-28(23-11-7-4-8-12-23)29(24-13-17-26(30)18-14-24)25-15-19-27(20-16-25)31-21-22-9-5-3-6-10-22/h3-20H,2,21H2,1H3/b29-28-. The van der Waals surface area contributed by atoms with Crippen LogP contribution in [0.25, 0.3) is 11.1 Å². The van der Waals surface area contributed by atoms with Crippen molar-refractivity contribution in [3.63, 3.8) is 0 Å². The van der Waals surface area contributed by atoms with E-state index in [4.69, 9.17) is 4.74 Å². The lowest BCUT2D eigenvalue weighted by Crippen LogP contribution is -1.97. The molecule has 0 spiro atoms. The molecule has 0 N–H and O–H groups in total. The molecule has 0 aliphatic rings. The molecule has 0 aliphatic heterocycles. The largest absolute Gasteiger partial charge is 0.489 e. The molecule has 2 heteroatoms. The highest BCUT2D eigenvalue weighted by atomic mass is 127. The highest BCUT2D eigenvalue weighted by molar-refractivity contribution is 14.1. The first-order chi connectivity index (χ1) is 15.2. The van der Waals surface area contributed by atoms with Crippen LogP contribution in [0.5, 0.6) is 5.75 Å². The maximum absolute atomic E-state index is 6.00. The van der Waals surface area contributed by atoms with Crippen LogP contribution in [0.2, 0.25) is 0 Å². The van der Waals surface area contributed by atoms with E-state index < -0.39 is 0 Å². The Morgan fingerprint density at radius 1 is 0.645 bits per heavy atom. The Hall–Kier alpha value is -2.85. The molecule has 0 heterocycles. The van der Waals surface area contributed by atoms with Crippen LogP contribution in [0.4, 0.5) is 0 Å². The Bertz CT molecular complexity index is 1130. The summed E-state index contributed by atoms with van der Waals surface area (Å²) in [5, 5.41) is 0. The zero-order chi connectivity index (χ0) is 21.5. The second kappa shape index (κ2) is 10.5. The monoisotopic (exact) mass is 516 g/mol. The Labute approximate surface area is 198 Å². The van der Waals surface area contributed by atoms with Crippen molar-refractivity contribution in [2.75, 3.05) is 0 Å². The maximum atomic E-state index is 6.00. The summed E-state index contributed by atoms with van der Waals surface area (Å²) in [5.74, 6) is 0.882. The Morgan fingerprint density at radius 3 is 1.77 bits per heavy atom. The van der Waals surface area contributed by atoms with Gasteiger partial charge in [0, 0.05) is 3.57 Å². The van der Waals surface area contributed by atoms with Gasteiger partial charge in [-0.05, 0) is 86.7 Å². The van der Waals surface area contributed by atoms with Crippen LogP contribution in [0, 0.1) is 3.57 Å². The number of allylic oxidation sites excluding steroid dienone is 1. The predicted molar refractivity (Wildman–Crippen MR) is 139 cm³/mol.